The Morgan fingerprint density at radius 1 is 1.21 bits per heavy atom. The standard InChI is InChI=1S/C20H16N6O3/c27-20(14-7-8-23-24-14)21-9-10-28-19-6-5-18-22-12-15(26(18)25-19)17-11-13-3-1-2-4-16(13)29-17/h1-8,11-12H,9-10H2,(H,21,27)(H,23,24). The molecule has 4 heterocycles. The maximum absolute atomic E-state index is 11.9. The average Bonchev–Trinajstić information content (AvgIpc) is 3.49. The van der Waals surface area contributed by atoms with Gasteiger partial charge in [-0.2, -0.15) is 5.10 Å². The Bertz CT molecular complexity index is 1260. The predicted molar refractivity (Wildman–Crippen MR) is 105 cm³/mol. The highest BCUT2D eigenvalue weighted by molar-refractivity contribution is 5.92. The van der Waals surface area contributed by atoms with Crippen molar-refractivity contribution in [2.75, 3.05) is 13.2 Å². The summed E-state index contributed by atoms with van der Waals surface area (Å²) < 4.78 is 13.3. The largest absolute Gasteiger partial charge is 0.475 e. The molecule has 5 rings (SSSR count). The predicted octanol–water partition coefficient (Wildman–Crippen LogP) is 2.67. The smallest absolute Gasteiger partial charge is 0.269 e. The van der Waals surface area contributed by atoms with E-state index in [1.807, 2.05) is 36.4 Å². The molecule has 0 aliphatic heterocycles. The quantitative estimate of drug-likeness (QED) is 0.433. The highest BCUT2D eigenvalue weighted by Crippen LogP contribution is 2.28. The van der Waals surface area contributed by atoms with Crippen LogP contribution in [0.1, 0.15) is 10.5 Å². The summed E-state index contributed by atoms with van der Waals surface area (Å²) in [6, 6.07) is 14.9. The number of rotatable bonds is 6. The molecular weight excluding hydrogens is 372 g/mol. The second-order valence-electron chi connectivity index (χ2n) is 6.31. The van der Waals surface area contributed by atoms with Crippen molar-refractivity contribution in [3.63, 3.8) is 0 Å². The SMILES string of the molecule is O=C(NCCOc1ccc2ncc(-c3cc4ccccc4o3)n2n1)c1ccn[nH]1. The molecule has 0 saturated heterocycles. The number of hydrogen-bond acceptors (Lipinski definition) is 6. The molecule has 0 radical (unpaired) electrons. The fourth-order valence-corrected chi connectivity index (χ4v) is 3.01. The number of ether oxygens (including phenoxy) is 1. The fraction of sp³-hybridized carbons (Fsp3) is 0.100. The topological polar surface area (TPSA) is 110 Å². The molecule has 0 atom stereocenters. The van der Waals surface area contributed by atoms with Gasteiger partial charge in [0.2, 0.25) is 5.88 Å². The van der Waals surface area contributed by atoms with Crippen LogP contribution in [-0.2, 0) is 0 Å². The third-order valence-electron chi connectivity index (χ3n) is 4.40. The number of fused-ring (bicyclic) bond motifs is 2. The minimum atomic E-state index is -0.240. The molecule has 29 heavy (non-hydrogen) atoms. The molecule has 9 heteroatoms. The number of nitrogens with zero attached hydrogens (tertiary/aromatic N) is 4. The monoisotopic (exact) mass is 388 g/mol. The van der Waals surface area contributed by atoms with Gasteiger partial charge in [0, 0.05) is 17.6 Å². The van der Waals surface area contributed by atoms with E-state index in [0.717, 1.165) is 16.7 Å². The van der Waals surface area contributed by atoms with E-state index in [-0.39, 0.29) is 12.5 Å². The summed E-state index contributed by atoms with van der Waals surface area (Å²) in [5.74, 6) is 0.857. The molecule has 0 bridgehead atoms. The van der Waals surface area contributed by atoms with Gasteiger partial charge in [-0.1, -0.05) is 18.2 Å². The van der Waals surface area contributed by atoms with Crippen LogP contribution in [0.15, 0.2) is 65.3 Å². The maximum atomic E-state index is 11.9. The van der Waals surface area contributed by atoms with E-state index >= 15 is 0 Å². The van der Waals surface area contributed by atoms with Gasteiger partial charge in [0.15, 0.2) is 11.4 Å². The van der Waals surface area contributed by atoms with Crippen molar-refractivity contribution in [1.29, 1.82) is 0 Å². The van der Waals surface area contributed by atoms with Crippen LogP contribution in [0, 0.1) is 0 Å². The first-order chi connectivity index (χ1) is 14.3. The highest BCUT2D eigenvalue weighted by atomic mass is 16.5. The number of carbonyl (C=O) groups excluding carboxylic acids is 1. The van der Waals surface area contributed by atoms with Gasteiger partial charge in [-0.3, -0.25) is 9.89 Å². The molecule has 0 aliphatic carbocycles. The van der Waals surface area contributed by atoms with Gasteiger partial charge < -0.3 is 14.5 Å². The van der Waals surface area contributed by atoms with Crippen LogP contribution >= 0.6 is 0 Å². The zero-order valence-corrected chi connectivity index (χ0v) is 15.2. The van der Waals surface area contributed by atoms with E-state index in [1.165, 1.54) is 6.20 Å². The molecule has 1 amide bonds. The summed E-state index contributed by atoms with van der Waals surface area (Å²) in [6.07, 6.45) is 3.24. The van der Waals surface area contributed by atoms with E-state index in [4.69, 9.17) is 9.15 Å². The maximum Gasteiger partial charge on any atom is 0.269 e. The Kier molecular flexibility index (Phi) is 4.17. The fourth-order valence-electron chi connectivity index (χ4n) is 3.01. The molecule has 0 aliphatic rings. The summed E-state index contributed by atoms with van der Waals surface area (Å²) >= 11 is 0. The number of imidazole rings is 1. The summed E-state index contributed by atoms with van der Waals surface area (Å²) in [5, 5.41) is 14.6. The number of aromatic amines is 1. The minimum Gasteiger partial charge on any atom is -0.475 e. The number of furan rings is 1. The molecule has 9 nitrogen and oxygen atoms in total. The van der Waals surface area contributed by atoms with E-state index < -0.39 is 0 Å². The Balaban J connectivity index is 1.31. The molecule has 1 aromatic carbocycles. The van der Waals surface area contributed by atoms with Crippen LogP contribution in [0.5, 0.6) is 5.88 Å². The van der Waals surface area contributed by atoms with Gasteiger partial charge >= 0.3 is 0 Å². The molecule has 0 spiro atoms. The molecule has 0 unspecified atom stereocenters. The van der Waals surface area contributed by atoms with Gasteiger partial charge in [-0.25, -0.2) is 9.50 Å². The zero-order chi connectivity index (χ0) is 19.6. The van der Waals surface area contributed by atoms with Crippen molar-refractivity contribution in [2.45, 2.75) is 0 Å². The van der Waals surface area contributed by atoms with Gasteiger partial charge in [-0.05, 0) is 24.3 Å². The molecular formula is C20H16N6O3. The van der Waals surface area contributed by atoms with Crippen molar-refractivity contribution in [1.82, 2.24) is 30.1 Å². The third-order valence-corrected chi connectivity index (χ3v) is 4.40. The summed E-state index contributed by atoms with van der Waals surface area (Å²) in [5.41, 5.74) is 2.62. The van der Waals surface area contributed by atoms with Crippen LogP contribution in [0.25, 0.3) is 28.1 Å². The highest BCUT2D eigenvalue weighted by Gasteiger charge is 2.13. The van der Waals surface area contributed by atoms with E-state index in [0.29, 0.717) is 29.5 Å². The van der Waals surface area contributed by atoms with Crippen molar-refractivity contribution < 1.29 is 13.9 Å². The zero-order valence-electron chi connectivity index (χ0n) is 15.2. The number of hydrogen-bond donors (Lipinski definition) is 2. The summed E-state index contributed by atoms with van der Waals surface area (Å²) in [4.78, 5) is 16.2. The van der Waals surface area contributed by atoms with Crippen molar-refractivity contribution in [3.05, 3.63) is 66.6 Å². The first-order valence-electron chi connectivity index (χ1n) is 9.02. The van der Waals surface area contributed by atoms with Gasteiger partial charge in [0.25, 0.3) is 5.91 Å². The number of benzene rings is 1. The third kappa shape index (κ3) is 3.29. The van der Waals surface area contributed by atoms with E-state index in [1.54, 1.807) is 22.8 Å². The lowest BCUT2D eigenvalue weighted by Crippen LogP contribution is -2.28. The first kappa shape index (κ1) is 17.0. The number of carbonyl (C=O) groups is 1. The Labute approximate surface area is 164 Å². The molecule has 4 aromatic heterocycles. The number of nitrogens with one attached hydrogen (secondary N) is 2. The lowest BCUT2D eigenvalue weighted by Gasteiger charge is -2.07. The first-order valence-corrected chi connectivity index (χ1v) is 9.02. The van der Waals surface area contributed by atoms with Crippen LogP contribution < -0.4 is 10.1 Å². The average molecular weight is 388 g/mol. The van der Waals surface area contributed by atoms with Crippen LogP contribution in [0.4, 0.5) is 0 Å². The van der Waals surface area contributed by atoms with E-state index in [2.05, 4.69) is 25.6 Å². The number of H-pyrrole nitrogens is 1. The number of para-hydroxylation sites is 1. The summed E-state index contributed by atoms with van der Waals surface area (Å²) in [6.45, 7) is 0.602. The molecule has 0 fully saturated rings. The lowest BCUT2D eigenvalue weighted by molar-refractivity contribution is 0.0941. The van der Waals surface area contributed by atoms with Crippen LogP contribution in [-0.4, -0.2) is 43.9 Å². The van der Waals surface area contributed by atoms with Gasteiger partial charge in [-0.15, -0.1) is 5.10 Å². The molecule has 2 N–H and O–H groups in total. The van der Waals surface area contributed by atoms with Gasteiger partial charge in [0.05, 0.1) is 12.7 Å². The van der Waals surface area contributed by atoms with Crippen molar-refractivity contribution in [2.24, 2.45) is 0 Å². The molecule has 0 saturated carbocycles. The van der Waals surface area contributed by atoms with Crippen LogP contribution in [0.2, 0.25) is 0 Å². The Morgan fingerprint density at radius 2 is 2.14 bits per heavy atom. The minimum absolute atomic E-state index is 0.240. The second-order valence-corrected chi connectivity index (χ2v) is 6.31. The Morgan fingerprint density at radius 3 is 3.00 bits per heavy atom. The van der Waals surface area contributed by atoms with Crippen LogP contribution in [0.3, 0.4) is 0 Å². The number of aromatic nitrogens is 5. The van der Waals surface area contributed by atoms with Crippen molar-refractivity contribution in [3.8, 4) is 17.3 Å². The normalized spacial score (nSPS) is 11.2. The second kappa shape index (κ2) is 7.12. The molecule has 5 aromatic rings. The summed E-state index contributed by atoms with van der Waals surface area (Å²) in [7, 11) is 0. The van der Waals surface area contributed by atoms with Gasteiger partial charge in [0.1, 0.15) is 23.6 Å². The van der Waals surface area contributed by atoms with E-state index in [9.17, 15) is 4.79 Å². The molecule has 144 valence electrons. The Hall–Kier alpha value is -4.14. The lowest BCUT2D eigenvalue weighted by atomic mass is 10.2. The number of amides is 1. The van der Waals surface area contributed by atoms with Crippen molar-refractivity contribution >= 4 is 22.5 Å².